The fourth-order valence-corrected chi connectivity index (χ4v) is 1.87. The van der Waals surface area contributed by atoms with E-state index in [0.29, 0.717) is 35.4 Å². The molecule has 0 amide bonds. The van der Waals surface area contributed by atoms with Crippen LogP contribution in [0.2, 0.25) is 15.2 Å². The molecule has 6 heteroatoms. The maximum atomic E-state index is 8.55. The Balaban J connectivity index is 3.01. The number of anilines is 1. The van der Waals surface area contributed by atoms with Crippen LogP contribution in [0, 0.1) is 11.3 Å². The fourth-order valence-electron chi connectivity index (χ4n) is 1.26. The monoisotopic (exact) mass is 277 g/mol. The lowest BCUT2D eigenvalue weighted by Crippen LogP contribution is -2.25. The molecule has 1 rings (SSSR count). The van der Waals surface area contributed by atoms with E-state index in [0.717, 1.165) is 0 Å². The first-order valence-electron chi connectivity index (χ1n) is 4.73. The SMILES string of the molecule is CCN(CCC#N)c1nc(Cl)c(Cl)cc1Cl. The average molecular weight is 279 g/mol. The normalized spacial score (nSPS) is 9.94. The fraction of sp³-hybridized carbons (Fsp3) is 0.400. The number of halogens is 3. The van der Waals surface area contributed by atoms with Crippen LogP contribution in [0.15, 0.2) is 6.07 Å². The zero-order valence-corrected chi connectivity index (χ0v) is 10.9. The molecule has 1 heterocycles. The summed E-state index contributed by atoms with van der Waals surface area (Å²) >= 11 is 17.6. The molecule has 3 nitrogen and oxygen atoms in total. The Kier molecular flexibility index (Phi) is 5.14. The number of aromatic nitrogens is 1. The highest BCUT2D eigenvalue weighted by Gasteiger charge is 2.13. The molecule has 0 aromatic carbocycles. The summed E-state index contributed by atoms with van der Waals surface area (Å²) in [6.07, 6.45) is 0.409. The van der Waals surface area contributed by atoms with Gasteiger partial charge in [-0.05, 0) is 13.0 Å². The summed E-state index contributed by atoms with van der Waals surface area (Å²) in [7, 11) is 0. The van der Waals surface area contributed by atoms with E-state index < -0.39 is 0 Å². The predicted molar refractivity (Wildman–Crippen MR) is 67.4 cm³/mol. The van der Waals surface area contributed by atoms with Crippen LogP contribution < -0.4 is 4.90 Å². The summed E-state index contributed by atoms with van der Waals surface area (Å²) < 4.78 is 0. The number of rotatable bonds is 4. The highest BCUT2D eigenvalue weighted by molar-refractivity contribution is 6.42. The number of nitriles is 1. The molecule has 0 radical (unpaired) electrons. The Hall–Kier alpha value is -0.690. The van der Waals surface area contributed by atoms with Gasteiger partial charge in [0.25, 0.3) is 0 Å². The number of nitrogens with zero attached hydrogens (tertiary/aromatic N) is 3. The van der Waals surface area contributed by atoms with Crippen molar-refractivity contribution in [3.63, 3.8) is 0 Å². The van der Waals surface area contributed by atoms with Gasteiger partial charge in [0.2, 0.25) is 0 Å². The van der Waals surface area contributed by atoms with Crippen LogP contribution in [-0.2, 0) is 0 Å². The van der Waals surface area contributed by atoms with Gasteiger partial charge in [0.15, 0.2) is 0 Å². The molecule has 0 atom stereocenters. The molecule has 1 aromatic heterocycles. The van der Waals surface area contributed by atoms with E-state index in [1.807, 2.05) is 11.8 Å². The number of pyridine rings is 1. The maximum absolute atomic E-state index is 8.55. The molecular weight excluding hydrogens is 268 g/mol. The van der Waals surface area contributed by atoms with Gasteiger partial charge in [-0.1, -0.05) is 34.8 Å². The van der Waals surface area contributed by atoms with Gasteiger partial charge in [-0.3, -0.25) is 0 Å². The lowest BCUT2D eigenvalue weighted by Gasteiger charge is -2.21. The van der Waals surface area contributed by atoms with E-state index in [-0.39, 0.29) is 5.15 Å². The van der Waals surface area contributed by atoms with Gasteiger partial charge in [0.1, 0.15) is 11.0 Å². The first-order valence-corrected chi connectivity index (χ1v) is 5.87. The van der Waals surface area contributed by atoms with Crippen molar-refractivity contribution >= 4 is 40.6 Å². The van der Waals surface area contributed by atoms with Gasteiger partial charge in [-0.2, -0.15) is 5.26 Å². The van der Waals surface area contributed by atoms with E-state index in [2.05, 4.69) is 11.1 Å². The molecule has 0 unspecified atom stereocenters. The molecule has 0 aliphatic carbocycles. The Morgan fingerprint density at radius 1 is 1.38 bits per heavy atom. The van der Waals surface area contributed by atoms with Crippen molar-refractivity contribution in [1.82, 2.24) is 4.98 Å². The number of hydrogen-bond donors (Lipinski definition) is 0. The van der Waals surface area contributed by atoms with Crippen LogP contribution in [0.1, 0.15) is 13.3 Å². The van der Waals surface area contributed by atoms with Gasteiger partial charge in [-0.25, -0.2) is 4.98 Å². The average Bonchev–Trinajstić information content (AvgIpc) is 2.26. The molecular formula is C10H10Cl3N3. The first-order chi connectivity index (χ1) is 7.60. The second-order valence-corrected chi connectivity index (χ2v) is 4.23. The molecule has 0 fully saturated rings. The minimum atomic E-state index is 0.219. The smallest absolute Gasteiger partial charge is 0.150 e. The van der Waals surface area contributed by atoms with Crippen molar-refractivity contribution in [1.29, 1.82) is 5.26 Å². The molecule has 0 saturated carbocycles. The molecule has 86 valence electrons. The summed E-state index contributed by atoms with van der Waals surface area (Å²) in [6, 6.07) is 3.63. The summed E-state index contributed by atoms with van der Waals surface area (Å²) in [4.78, 5) is 6.00. The van der Waals surface area contributed by atoms with Crippen molar-refractivity contribution in [2.75, 3.05) is 18.0 Å². The van der Waals surface area contributed by atoms with E-state index in [1.165, 1.54) is 0 Å². The highest BCUT2D eigenvalue weighted by Crippen LogP contribution is 2.31. The zero-order chi connectivity index (χ0) is 12.1. The zero-order valence-electron chi connectivity index (χ0n) is 8.67. The van der Waals surface area contributed by atoms with Gasteiger partial charge in [-0.15, -0.1) is 0 Å². The van der Waals surface area contributed by atoms with Crippen molar-refractivity contribution in [2.45, 2.75) is 13.3 Å². The summed E-state index contributed by atoms with van der Waals surface area (Å²) in [5.41, 5.74) is 0. The molecule has 0 N–H and O–H groups in total. The first kappa shape index (κ1) is 13.4. The minimum Gasteiger partial charge on any atom is -0.355 e. The summed E-state index contributed by atoms with van der Waals surface area (Å²) in [5.74, 6) is 0.564. The quantitative estimate of drug-likeness (QED) is 0.787. The van der Waals surface area contributed by atoms with Crippen LogP contribution in [-0.4, -0.2) is 18.1 Å². The van der Waals surface area contributed by atoms with Crippen molar-refractivity contribution < 1.29 is 0 Å². The largest absolute Gasteiger partial charge is 0.355 e. The molecule has 1 aromatic rings. The van der Waals surface area contributed by atoms with Gasteiger partial charge in [0.05, 0.1) is 22.5 Å². The van der Waals surface area contributed by atoms with Crippen LogP contribution in [0.5, 0.6) is 0 Å². The third kappa shape index (κ3) is 3.15. The third-order valence-corrected chi connectivity index (χ3v) is 2.99. The van der Waals surface area contributed by atoms with Crippen LogP contribution in [0.25, 0.3) is 0 Å². The van der Waals surface area contributed by atoms with E-state index >= 15 is 0 Å². The van der Waals surface area contributed by atoms with E-state index in [4.69, 9.17) is 40.1 Å². The summed E-state index contributed by atoms with van der Waals surface area (Å²) in [6.45, 7) is 3.22. The molecule has 16 heavy (non-hydrogen) atoms. The molecule has 0 bridgehead atoms. The topological polar surface area (TPSA) is 39.9 Å². The minimum absolute atomic E-state index is 0.219. The Bertz CT molecular complexity index is 415. The third-order valence-electron chi connectivity index (χ3n) is 2.04. The predicted octanol–water partition coefficient (Wildman–Crippen LogP) is 3.78. The van der Waals surface area contributed by atoms with E-state index in [9.17, 15) is 0 Å². The van der Waals surface area contributed by atoms with Crippen LogP contribution >= 0.6 is 34.8 Å². The molecule has 0 aliphatic heterocycles. The van der Waals surface area contributed by atoms with Crippen LogP contribution in [0.4, 0.5) is 5.82 Å². The number of hydrogen-bond acceptors (Lipinski definition) is 3. The van der Waals surface area contributed by atoms with E-state index in [1.54, 1.807) is 6.07 Å². The van der Waals surface area contributed by atoms with Gasteiger partial charge >= 0.3 is 0 Å². The van der Waals surface area contributed by atoms with Crippen molar-refractivity contribution in [2.24, 2.45) is 0 Å². The summed E-state index contributed by atoms with van der Waals surface area (Å²) in [5, 5.41) is 9.53. The second-order valence-electron chi connectivity index (χ2n) is 3.05. The van der Waals surface area contributed by atoms with Gasteiger partial charge in [0, 0.05) is 13.1 Å². The van der Waals surface area contributed by atoms with Crippen molar-refractivity contribution in [3.8, 4) is 6.07 Å². The van der Waals surface area contributed by atoms with Crippen LogP contribution in [0.3, 0.4) is 0 Å². The van der Waals surface area contributed by atoms with Gasteiger partial charge < -0.3 is 4.90 Å². The molecule has 0 saturated heterocycles. The Labute approximate surface area is 110 Å². The lowest BCUT2D eigenvalue weighted by molar-refractivity contribution is 0.811. The lowest BCUT2D eigenvalue weighted by atomic mass is 10.3. The Morgan fingerprint density at radius 2 is 2.06 bits per heavy atom. The molecule has 0 spiro atoms. The van der Waals surface area contributed by atoms with Crippen molar-refractivity contribution in [3.05, 3.63) is 21.3 Å². The highest BCUT2D eigenvalue weighted by atomic mass is 35.5. The standard InChI is InChI=1S/C10H10Cl3N3/c1-2-16(5-3-4-14)10-8(12)6-7(11)9(13)15-10/h6H,2-3,5H2,1H3. The Morgan fingerprint density at radius 3 is 2.62 bits per heavy atom. The maximum Gasteiger partial charge on any atom is 0.150 e. The second kappa shape index (κ2) is 6.15. The molecule has 0 aliphatic rings.